The summed E-state index contributed by atoms with van der Waals surface area (Å²) >= 11 is 0. The maximum absolute atomic E-state index is 14.4. The number of aromatic nitrogens is 4. The van der Waals surface area contributed by atoms with Gasteiger partial charge in [-0.25, -0.2) is 48.3 Å². The van der Waals surface area contributed by atoms with Gasteiger partial charge >= 0.3 is 67.2 Å². The Morgan fingerprint density at radius 3 is 0.567 bits per heavy atom. The summed E-state index contributed by atoms with van der Waals surface area (Å²) in [6, 6.07) is 18.8. The molecule has 3 aromatic heterocycles. The van der Waals surface area contributed by atoms with Crippen LogP contribution in [0.2, 0.25) is 0 Å². The van der Waals surface area contributed by atoms with Crippen molar-refractivity contribution in [3.8, 4) is 45.0 Å². The molecule has 2 aliphatic heterocycles. The maximum atomic E-state index is 14.4. The van der Waals surface area contributed by atoms with Crippen molar-refractivity contribution in [1.82, 2.24) is 19.9 Å². The van der Waals surface area contributed by atoms with Gasteiger partial charge in [0.1, 0.15) is 0 Å². The van der Waals surface area contributed by atoms with Crippen LogP contribution in [0, 0.1) is 0 Å². The van der Waals surface area contributed by atoms with Gasteiger partial charge in [-0.15, -0.1) is 22.1 Å². The fourth-order valence-corrected chi connectivity index (χ4v) is 10.9. The van der Waals surface area contributed by atoms with E-state index in [1.165, 1.54) is 48.5 Å². The molecule has 9 rings (SSSR count). The van der Waals surface area contributed by atoms with E-state index in [1.54, 1.807) is 24.3 Å². The summed E-state index contributed by atoms with van der Waals surface area (Å²) in [6.45, 7) is 16.2. The number of fused-ring (bicyclic) bond motifs is 20. The third kappa shape index (κ3) is 17.2. The zero-order valence-electron chi connectivity index (χ0n) is 56.9. The van der Waals surface area contributed by atoms with E-state index in [-0.39, 0.29) is 162 Å². The topological polar surface area (TPSA) is 264 Å². The van der Waals surface area contributed by atoms with E-state index >= 15 is 0 Å². The molecule has 5 heterocycles. The van der Waals surface area contributed by atoms with Crippen LogP contribution >= 0.6 is 0 Å². The summed E-state index contributed by atoms with van der Waals surface area (Å²) in [5.74, 6) is -6.22. The van der Waals surface area contributed by atoms with Crippen LogP contribution in [0.15, 0.2) is 72.8 Å². The molecule has 0 radical (unpaired) electrons. The third-order valence-corrected chi connectivity index (χ3v) is 16.5. The molecule has 0 aliphatic carbocycles. The first-order valence-electron chi connectivity index (χ1n) is 33.9. The number of unbranched alkanes of at least 4 members (excludes halogenated alkanes) is 8. The van der Waals surface area contributed by atoms with Gasteiger partial charge in [-0.3, -0.25) is 0 Å². The molecule has 2 aliphatic rings. The molecule has 0 amide bonds. The predicted octanol–water partition coefficient (Wildman–Crippen LogP) is 16.2. The van der Waals surface area contributed by atoms with E-state index in [9.17, 15) is 38.4 Å². The molecule has 0 saturated heterocycles. The molecule has 0 saturated carbocycles. The molecule has 7 aromatic rings. The first-order valence-corrected chi connectivity index (χ1v) is 33.9. The first-order chi connectivity index (χ1) is 46.6. The van der Waals surface area contributed by atoms with Crippen LogP contribution in [0.25, 0.3) is 88.6 Å². The van der Waals surface area contributed by atoms with E-state index in [1.807, 2.05) is 55.4 Å². The number of hydrogen-bond donors (Lipinski definition) is 0. The molecule has 0 spiro atoms. The molecule has 8 bridgehead atoms. The fourth-order valence-electron chi connectivity index (χ4n) is 10.9. The smallest absolute Gasteiger partial charge is 0.657 e. The summed E-state index contributed by atoms with van der Waals surface area (Å²) in [4.78, 5) is 136. The molecule has 506 valence electrons. The molecule has 20 nitrogen and oxygen atoms in total. The van der Waals surface area contributed by atoms with Gasteiger partial charge < -0.3 is 47.9 Å². The van der Waals surface area contributed by atoms with Crippen molar-refractivity contribution >= 4 is 91.4 Å². The van der Waals surface area contributed by atoms with Crippen LogP contribution < -0.4 is 9.97 Å². The summed E-state index contributed by atoms with van der Waals surface area (Å²) in [6.07, 6.45) is 10.3. The zero-order chi connectivity index (χ0) is 68.4. The number of carbonyl (C=O) groups excluding carboxylic acids is 8. The van der Waals surface area contributed by atoms with Crippen molar-refractivity contribution in [3.63, 3.8) is 0 Å². The number of nitrogens with zero attached hydrogens (tertiary/aromatic N) is 4. The van der Waals surface area contributed by atoms with Crippen LogP contribution in [0.3, 0.4) is 0 Å². The Hall–Kier alpha value is -9.10. The van der Waals surface area contributed by atoms with Crippen LogP contribution in [0.5, 0.6) is 0 Å². The Balaban J connectivity index is 0.0000120. The first kappa shape index (κ1) is 73.7. The number of ether oxygens (including phenoxy) is 8. The Labute approximate surface area is 577 Å². The van der Waals surface area contributed by atoms with E-state index in [2.05, 4.69) is 0 Å². The van der Waals surface area contributed by atoms with E-state index in [0.29, 0.717) is 95.2 Å². The SMILES string of the molecule is CCCCOC(=O)c1cc2c(cc1C(=O)OCCCC)-c1cc3[n-]c(cc4nc(cc5[n-]c(cc-2n1)c1cc(C(=O)OCCCC)c(C(=O)OCCCC)cc51)-c1cc(C(=O)OCCCC)c(C(=O)OCCCC)cc1-4)c1cc(C(=O)OCCCC)c(C(=O)OCCCC)cc31.[Zn+2]. The molecular weight excluding hydrogens is 1290 g/mol. The minimum Gasteiger partial charge on any atom is -0.657 e. The Morgan fingerprint density at radius 1 is 0.258 bits per heavy atom. The molecule has 0 N–H and O–H groups in total. The second kappa shape index (κ2) is 35.2. The van der Waals surface area contributed by atoms with Gasteiger partial charge in [-0.2, -0.15) is 0 Å². The predicted molar refractivity (Wildman–Crippen MR) is 364 cm³/mol. The minimum atomic E-state index is -0.778. The van der Waals surface area contributed by atoms with Crippen molar-refractivity contribution in [2.24, 2.45) is 0 Å². The van der Waals surface area contributed by atoms with Crippen LogP contribution in [-0.2, 0) is 57.4 Å². The van der Waals surface area contributed by atoms with Gasteiger partial charge in [-0.1, -0.05) is 107 Å². The summed E-state index contributed by atoms with van der Waals surface area (Å²) in [7, 11) is 0. The summed E-state index contributed by atoms with van der Waals surface area (Å²) < 4.78 is 46.4. The van der Waals surface area contributed by atoms with Gasteiger partial charge in [0.25, 0.3) is 0 Å². The zero-order valence-corrected chi connectivity index (χ0v) is 59.9. The average Bonchev–Trinajstić information content (AvgIpc) is 1.64. The Bertz CT molecular complexity index is 3750. The number of esters is 8. The van der Waals surface area contributed by atoms with Crippen molar-refractivity contribution in [1.29, 1.82) is 0 Å². The van der Waals surface area contributed by atoms with Crippen LogP contribution in [0.1, 0.15) is 241 Å². The molecular formula is C76H84N4O16Zn. The maximum Gasteiger partial charge on any atom is 2.00 e. The summed E-state index contributed by atoms with van der Waals surface area (Å²) in [5, 5.41) is 1.41. The molecule has 0 fully saturated rings. The van der Waals surface area contributed by atoms with Crippen molar-refractivity contribution in [3.05, 3.63) is 117 Å². The summed E-state index contributed by atoms with van der Waals surface area (Å²) in [5.41, 5.74) is 2.47. The van der Waals surface area contributed by atoms with E-state index in [0.717, 1.165) is 51.4 Å². The minimum absolute atomic E-state index is 0. The normalized spacial score (nSPS) is 11.3. The monoisotopic (exact) mass is 1370 g/mol. The van der Waals surface area contributed by atoms with Gasteiger partial charge in [0, 0.05) is 22.3 Å². The number of rotatable bonds is 32. The van der Waals surface area contributed by atoms with Gasteiger partial charge in [0.15, 0.2) is 0 Å². The molecule has 4 aromatic carbocycles. The van der Waals surface area contributed by atoms with Crippen LogP contribution in [-0.4, -0.2) is 111 Å². The number of benzene rings is 4. The van der Waals surface area contributed by atoms with Gasteiger partial charge in [-0.05, 0) is 146 Å². The average molecular weight is 1370 g/mol. The van der Waals surface area contributed by atoms with Crippen LogP contribution in [0.4, 0.5) is 0 Å². The quantitative estimate of drug-likeness (QED) is 0.0164. The molecule has 0 atom stereocenters. The number of hydrogen-bond acceptors (Lipinski definition) is 18. The fraction of sp³-hybridized carbons (Fsp3) is 0.421. The van der Waals surface area contributed by atoms with Gasteiger partial charge in [0.2, 0.25) is 0 Å². The van der Waals surface area contributed by atoms with E-state index < -0.39 is 47.8 Å². The van der Waals surface area contributed by atoms with Gasteiger partial charge in [0.05, 0.1) is 120 Å². The second-order valence-corrected chi connectivity index (χ2v) is 23.8. The number of carbonyl (C=O) groups is 8. The molecule has 0 unspecified atom stereocenters. The van der Waals surface area contributed by atoms with Crippen molar-refractivity contribution in [2.45, 2.75) is 158 Å². The Kier molecular flexibility index (Phi) is 26.8. The third-order valence-electron chi connectivity index (χ3n) is 16.5. The Morgan fingerprint density at radius 2 is 0.412 bits per heavy atom. The van der Waals surface area contributed by atoms with Crippen molar-refractivity contribution < 1.29 is 95.7 Å². The standard InChI is InChI=1S/C76H86N4O16.Zn/c1-9-17-25-89-69(81)53-33-45-46(34-54(53)70(82)90-26-18-10-2)62-42-64-49-37-57(73(85)93-29-21-13-5)58(74(86)94-30-22-14-6)38-50(49)66(79-64)44-68-52-40-60(76(88)96-32-24-16-8)59(75(87)95-31-23-15-7)39-51(52)67(80-68)43-65-48-36-56(72(84)92-28-20-12-4)55(71(83)91-27-19-11-3)35-47(48)63(78-65)41-61(45)77-62;/h33-44H,9-32H2,1-8H3,(H2,77,78,79,80,81,82,83,84,85,86,87,88);/q;+2/p-2. The van der Waals surface area contributed by atoms with Crippen molar-refractivity contribution in [2.75, 3.05) is 52.9 Å². The van der Waals surface area contributed by atoms with E-state index in [4.69, 9.17) is 57.8 Å². The second-order valence-electron chi connectivity index (χ2n) is 23.8. The molecule has 21 heteroatoms. The molecule has 97 heavy (non-hydrogen) atoms. The largest absolute Gasteiger partial charge is 2.00 e.